The van der Waals surface area contributed by atoms with Gasteiger partial charge in [-0.1, -0.05) is 139 Å². The lowest BCUT2D eigenvalue weighted by Crippen LogP contribution is -2.67. The maximum absolute atomic E-state index is 14.1. The molecule has 0 N–H and O–H groups in total. The van der Waals surface area contributed by atoms with E-state index in [9.17, 15) is 4.79 Å². The normalized spacial score (nSPS) is 29.7. The quantitative estimate of drug-likeness (QED) is 0.129. The third-order valence-corrected chi connectivity index (χ3v) is 18.0. The zero-order valence-corrected chi connectivity index (χ0v) is 37.3. The molecule has 0 spiro atoms. The van der Waals surface area contributed by atoms with Crippen molar-refractivity contribution in [2.45, 2.75) is 158 Å². The summed E-state index contributed by atoms with van der Waals surface area (Å²) in [5.74, 6) is 0.0671. The van der Waals surface area contributed by atoms with E-state index in [1.54, 1.807) is 0 Å². The maximum atomic E-state index is 14.1. The Hall–Kier alpha value is -3.29. The number of ketones is 1. The average Bonchev–Trinajstić information content (AvgIpc) is 3.38. The highest BCUT2D eigenvalue weighted by Crippen LogP contribution is 2.55. The first-order valence-corrected chi connectivity index (χ1v) is 23.8. The fourth-order valence-electron chi connectivity index (χ4n) is 9.90. The van der Waals surface area contributed by atoms with Crippen LogP contribution >= 0.6 is 0 Å². The molecule has 4 aliphatic heterocycles. The van der Waals surface area contributed by atoms with Crippen molar-refractivity contribution in [2.75, 3.05) is 13.2 Å². The summed E-state index contributed by atoms with van der Waals surface area (Å²) in [5.41, 5.74) is 3.24. The van der Waals surface area contributed by atoms with Crippen molar-refractivity contribution < 1.29 is 42.1 Å². The van der Waals surface area contributed by atoms with Gasteiger partial charge in [-0.3, -0.25) is 4.79 Å². The minimum atomic E-state index is -2.73. The number of hydrogen-bond donors (Lipinski definition) is 0. The lowest BCUT2D eigenvalue weighted by molar-refractivity contribution is -0.233. The van der Waals surface area contributed by atoms with Crippen molar-refractivity contribution in [3.63, 3.8) is 0 Å². The smallest absolute Gasteiger partial charge is 0.349 e. The summed E-state index contributed by atoms with van der Waals surface area (Å²) >= 11 is 0. The van der Waals surface area contributed by atoms with Crippen LogP contribution in [0.5, 0.6) is 0 Å². The molecule has 10 heteroatoms. The molecule has 60 heavy (non-hydrogen) atoms. The summed E-state index contributed by atoms with van der Waals surface area (Å²) in [6, 6.07) is 35.1. The highest BCUT2D eigenvalue weighted by atomic mass is 28.4. The van der Waals surface area contributed by atoms with Gasteiger partial charge in [-0.05, 0) is 39.9 Å². The molecule has 4 saturated heterocycles. The molecular weight excluding hydrogens is 773 g/mol. The summed E-state index contributed by atoms with van der Waals surface area (Å²) in [6.45, 7) is 15.5. The molecule has 9 atom stereocenters. The summed E-state index contributed by atoms with van der Waals surface area (Å²) in [6.07, 6.45) is -0.508. The van der Waals surface area contributed by atoms with Crippen molar-refractivity contribution in [3.8, 4) is 0 Å². The van der Waals surface area contributed by atoms with Crippen LogP contribution in [0.15, 0.2) is 103 Å². The number of benzene rings is 4. The van der Waals surface area contributed by atoms with Gasteiger partial charge in [0, 0.05) is 35.8 Å². The molecule has 0 amide bonds. The minimum Gasteiger partial charge on any atom is -0.391 e. The molecule has 8 rings (SSSR count). The van der Waals surface area contributed by atoms with Crippen molar-refractivity contribution in [1.82, 2.24) is 0 Å². The highest BCUT2D eigenvalue weighted by Gasteiger charge is 2.63. The van der Waals surface area contributed by atoms with E-state index in [2.05, 4.69) is 108 Å². The molecule has 4 aromatic carbocycles. The topological polar surface area (TPSA) is 90.9 Å². The highest BCUT2D eigenvalue weighted by molar-refractivity contribution is 6.73. The number of carbonyl (C=O) groups is 1. The lowest BCUT2D eigenvalue weighted by atomic mass is 9.92. The second-order valence-electron chi connectivity index (χ2n) is 19.3. The average molecular weight is 837 g/mol. The van der Waals surface area contributed by atoms with E-state index >= 15 is 0 Å². The van der Waals surface area contributed by atoms with Crippen molar-refractivity contribution >= 4 is 25.1 Å². The monoisotopic (exact) mass is 836 g/mol. The van der Waals surface area contributed by atoms with E-state index in [4.69, 9.17) is 37.3 Å². The van der Waals surface area contributed by atoms with Gasteiger partial charge in [-0.25, -0.2) is 0 Å². The van der Waals surface area contributed by atoms with E-state index < -0.39 is 20.8 Å². The van der Waals surface area contributed by atoms with E-state index in [1.165, 1.54) is 5.39 Å². The number of Topliss-reactive ketones (excluding diaryl/α,β-unsaturated/α-hetero) is 1. The van der Waals surface area contributed by atoms with E-state index in [1.807, 2.05) is 36.4 Å². The molecule has 4 fully saturated rings. The lowest BCUT2D eigenvalue weighted by Gasteiger charge is -2.56. The predicted molar refractivity (Wildman–Crippen MR) is 234 cm³/mol. The summed E-state index contributed by atoms with van der Waals surface area (Å²) in [7, 11) is -2.73. The predicted octanol–water partition coefficient (Wildman–Crippen LogP) is 9.81. The second-order valence-corrected chi connectivity index (χ2v) is 24.0. The third-order valence-electron chi connectivity index (χ3n) is 12.8. The number of hydrogen-bond acceptors (Lipinski definition) is 9. The van der Waals surface area contributed by atoms with E-state index in [0.717, 1.165) is 22.1 Å². The Morgan fingerprint density at radius 3 is 1.95 bits per heavy atom. The summed E-state index contributed by atoms with van der Waals surface area (Å²) < 4.78 is 54.4. The van der Waals surface area contributed by atoms with Crippen LogP contribution < -0.4 is 0 Å². The first-order valence-electron chi connectivity index (χ1n) is 22.0. The van der Waals surface area contributed by atoms with Gasteiger partial charge in [0.2, 0.25) is 0 Å². The van der Waals surface area contributed by atoms with Crippen LogP contribution in [0.25, 0.3) is 10.8 Å². The zero-order valence-electron chi connectivity index (χ0n) is 36.3. The van der Waals surface area contributed by atoms with Crippen LogP contribution in [-0.2, 0) is 61.9 Å². The van der Waals surface area contributed by atoms with Gasteiger partial charge in [0.1, 0.15) is 18.3 Å². The van der Waals surface area contributed by atoms with Crippen LogP contribution in [0.3, 0.4) is 0 Å². The number of fused-ring (bicyclic) bond motifs is 3. The maximum Gasteiger partial charge on any atom is 0.349 e. The van der Waals surface area contributed by atoms with Crippen LogP contribution in [0, 0.1) is 0 Å². The van der Waals surface area contributed by atoms with Crippen LogP contribution in [-0.4, -0.2) is 82.5 Å². The zero-order chi connectivity index (χ0) is 41.9. The van der Waals surface area contributed by atoms with E-state index in [-0.39, 0.29) is 58.6 Å². The van der Waals surface area contributed by atoms with Crippen molar-refractivity contribution in [2.24, 2.45) is 0 Å². The summed E-state index contributed by atoms with van der Waals surface area (Å²) in [4.78, 5) is 14.1. The molecule has 4 aromatic rings. The molecular formula is C50H64O9Si. The van der Waals surface area contributed by atoms with Gasteiger partial charge < -0.3 is 37.3 Å². The second kappa shape index (κ2) is 18.6. The third kappa shape index (κ3) is 9.83. The SMILES string of the molecule is CC(C)(C)[Si]1(C(C)(C)C)OC[C@H]2O[C@H]3CCC(=O)[C@H](C[C@H]4O[C@@H](COCc5ccccc5)[C@H](OCc5ccccc5)C[C@@H]4OCc4ccc5ccccc5c4)O[C@@H]3C[C@@H]2O1. The Kier molecular flexibility index (Phi) is 13.4. The van der Waals surface area contributed by atoms with Gasteiger partial charge in [0.05, 0.1) is 69.7 Å². The standard InChI is InChI=1S/C50H64O9Si/c1-49(2,3)60(50(4,5)6)55-33-48-46(59-60)28-44-40(56-48)24-23-39(51)41(57-44)26-45-42(54-31-36-21-22-37-19-13-14-20-38(37)25-36)27-43(53-30-35-17-11-8-12-18-35)47(58-45)32-52-29-34-15-9-7-10-16-34/h7-22,25,40-48H,23-24,26-33H2,1-6H3/t40-,41-,42-,43+,44+,45+,46-,47-,48+/m0/s1. The van der Waals surface area contributed by atoms with Gasteiger partial charge >= 0.3 is 8.56 Å². The molecule has 0 unspecified atom stereocenters. The molecule has 4 heterocycles. The molecule has 0 aromatic heterocycles. The summed E-state index contributed by atoms with van der Waals surface area (Å²) in [5, 5.41) is 2.04. The molecule has 4 aliphatic rings. The van der Waals surface area contributed by atoms with Crippen LogP contribution in [0.2, 0.25) is 10.1 Å². The number of carbonyl (C=O) groups excluding carboxylic acids is 1. The Balaban J connectivity index is 1.03. The van der Waals surface area contributed by atoms with Crippen LogP contribution in [0.1, 0.15) is 90.3 Å². The molecule has 0 aliphatic carbocycles. The van der Waals surface area contributed by atoms with Gasteiger partial charge in [0.15, 0.2) is 5.78 Å². The minimum absolute atomic E-state index is 0.0671. The van der Waals surface area contributed by atoms with Gasteiger partial charge in [-0.15, -0.1) is 0 Å². The van der Waals surface area contributed by atoms with Crippen molar-refractivity contribution in [3.05, 3.63) is 120 Å². The van der Waals surface area contributed by atoms with E-state index in [0.29, 0.717) is 65.1 Å². The molecule has 9 nitrogen and oxygen atoms in total. The fraction of sp³-hybridized carbons (Fsp3) is 0.540. The molecule has 322 valence electrons. The Bertz CT molecular complexity index is 2000. The van der Waals surface area contributed by atoms with Crippen molar-refractivity contribution in [1.29, 1.82) is 0 Å². The van der Waals surface area contributed by atoms with Gasteiger partial charge in [-0.2, -0.15) is 0 Å². The largest absolute Gasteiger partial charge is 0.391 e. The van der Waals surface area contributed by atoms with Gasteiger partial charge in [0.25, 0.3) is 0 Å². The first-order chi connectivity index (χ1) is 28.8. The Morgan fingerprint density at radius 1 is 0.617 bits per heavy atom. The fourth-order valence-corrected chi connectivity index (χ4v) is 14.9. The Morgan fingerprint density at radius 2 is 1.25 bits per heavy atom. The Labute approximate surface area is 357 Å². The van der Waals surface area contributed by atoms with Crippen LogP contribution in [0.4, 0.5) is 0 Å². The molecule has 0 saturated carbocycles. The molecule has 0 bridgehead atoms. The number of rotatable bonds is 12. The molecule has 0 radical (unpaired) electrons. The first kappa shape index (κ1) is 43.4. The number of ether oxygens (including phenoxy) is 6.